The normalized spacial score (nSPS) is 10.8. The molecular formula is C20H16N4O4S. The first-order chi connectivity index (χ1) is 14.0. The molecule has 2 aromatic heterocycles. The number of hydrogen-bond acceptors (Lipinski definition) is 6. The van der Waals surface area contributed by atoms with Crippen molar-refractivity contribution in [2.45, 2.75) is 6.61 Å². The van der Waals surface area contributed by atoms with Crippen molar-refractivity contribution in [3.8, 4) is 5.75 Å². The van der Waals surface area contributed by atoms with E-state index in [9.17, 15) is 14.9 Å². The average molecular weight is 408 g/mol. The van der Waals surface area contributed by atoms with Crippen molar-refractivity contribution < 1.29 is 14.5 Å². The largest absolute Gasteiger partial charge is 0.482 e. The quantitative estimate of drug-likeness (QED) is 0.377. The van der Waals surface area contributed by atoms with Gasteiger partial charge in [0.25, 0.3) is 5.91 Å². The number of aromatic nitrogens is 2. The number of anilines is 1. The molecule has 0 radical (unpaired) electrons. The number of thiophene rings is 1. The van der Waals surface area contributed by atoms with Crippen molar-refractivity contribution in [1.82, 2.24) is 9.55 Å². The number of nitrogens with zero attached hydrogens (tertiary/aromatic N) is 3. The molecular weight excluding hydrogens is 392 g/mol. The Kier molecular flexibility index (Phi) is 4.96. The van der Waals surface area contributed by atoms with Crippen molar-refractivity contribution in [2.75, 3.05) is 5.32 Å². The minimum absolute atomic E-state index is 0.0949. The fourth-order valence-electron chi connectivity index (χ4n) is 2.88. The first-order valence-corrected chi connectivity index (χ1v) is 9.57. The van der Waals surface area contributed by atoms with E-state index >= 15 is 0 Å². The number of ether oxygens (including phenoxy) is 1. The summed E-state index contributed by atoms with van der Waals surface area (Å²) in [4.78, 5) is 28.1. The minimum Gasteiger partial charge on any atom is -0.482 e. The number of rotatable bonds is 6. The summed E-state index contributed by atoms with van der Waals surface area (Å²) in [5.74, 6) is 0.377. The highest BCUT2D eigenvalue weighted by atomic mass is 32.1. The third-order valence-electron chi connectivity index (χ3n) is 4.35. The van der Waals surface area contributed by atoms with Crippen LogP contribution in [-0.2, 0) is 13.7 Å². The maximum atomic E-state index is 12.6. The van der Waals surface area contributed by atoms with E-state index in [0.29, 0.717) is 10.8 Å². The number of fused-ring (bicyclic) bond motifs is 1. The second-order valence-electron chi connectivity index (χ2n) is 6.27. The number of amides is 1. The molecule has 146 valence electrons. The highest BCUT2D eigenvalue weighted by Gasteiger charge is 2.16. The Bertz CT molecular complexity index is 1210. The molecule has 1 amide bonds. The van der Waals surface area contributed by atoms with Gasteiger partial charge in [-0.05, 0) is 29.6 Å². The number of nitrogens with one attached hydrogen (secondary N) is 1. The van der Waals surface area contributed by atoms with Gasteiger partial charge < -0.3 is 9.30 Å². The van der Waals surface area contributed by atoms with Gasteiger partial charge in [-0.25, -0.2) is 4.98 Å². The molecule has 1 N–H and O–H groups in total. The fraction of sp³-hybridized carbons (Fsp3) is 0.100. The maximum Gasteiger partial charge on any atom is 0.310 e. The Labute approximate surface area is 169 Å². The van der Waals surface area contributed by atoms with Crippen LogP contribution < -0.4 is 10.1 Å². The van der Waals surface area contributed by atoms with E-state index in [2.05, 4.69) is 10.3 Å². The lowest BCUT2D eigenvalue weighted by Gasteiger charge is -2.05. The number of imidazole rings is 1. The monoisotopic (exact) mass is 408 g/mol. The Balaban J connectivity index is 1.45. The highest BCUT2D eigenvalue weighted by molar-refractivity contribution is 7.12. The Morgan fingerprint density at radius 1 is 1.24 bits per heavy atom. The average Bonchev–Trinajstić information content (AvgIpc) is 3.32. The number of aryl methyl sites for hydroxylation is 1. The van der Waals surface area contributed by atoms with Crippen LogP contribution >= 0.6 is 11.3 Å². The molecule has 0 spiro atoms. The van der Waals surface area contributed by atoms with Gasteiger partial charge in [0.1, 0.15) is 6.61 Å². The van der Waals surface area contributed by atoms with E-state index in [0.717, 1.165) is 16.6 Å². The Morgan fingerprint density at radius 3 is 2.79 bits per heavy atom. The predicted molar refractivity (Wildman–Crippen MR) is 110 cm³/mol. The van der Waals surface area contributed by atoms with Crippen molar-refractivity contribution >= 4 is 39.9 Å². The molecule has 0 saturated carbocycles. The van der Waals surface area contributed by atoms with Gasteiger partial charge in [-0.2, -0.15) is 0 Å². The minimum atomic E-state index is -0.487. The summed E-state index contributed by atoms with van der Waals surface area (Å²) in [5, 5.41) is 15.7. The third kappa shape index (κ3) is 3.81. The summed E-state index contributed by atoms with van der Waals surface area (Å²) in [6, 6.07) is 15.5. The first-order valence-electron chi connectivity index (χ1n) is 8.69. The zero-order chi connectivity index (χ0) is 20.4. The van der Waals surface area contributed by atoms with Gasteiger partial charge in [-0.1, -0.05) is 24.3 Å². The summed E-state index contributed by atoms with van der Waals surface area (Å²) < 4.78 is 7.39. The standard InChI is InChI=1S/C20H16N4O4S/c1-23-15-7-3-2-6-14(15)21-20(23)22-19(25)18-10-13(12-29-18)11-28-17-9-5-4-8-16(17)24(26)27/h2-10,12H,11H2,1H3,(H,21,22,25). The van der Waals surface area contributed by atoms with E-state index < -0.39 is 4.92 Å². The third-order valence-corrected chi connectivity index (χ3v) is 5.32. The van der Waals surface area contributed by atoms with Gasteiger partial charge >= 0.3 is 5.69 Å². The highest BCUT2D eigenvalue weighted by Crippen LogP contribution is 2.27. The number of benzene rings is 2. The van der Waals surface area contributed by atoms with Gasteiger partial charge in [0, 0.05) is 18.7 Å². The van der Waals surface area contributed by atoms with Crippen LogP contribution in [-0.4, -0.2) is 20.4 Å². The van der Waals surface area contributed by atoms with Crippen LogP contribution in [0.5, 0.6) is 5.75 Å². The van der Waals surface area contributed by atoms with Crippen LogP contribution in [0.1, 0.15) is 15.2 Å². The molecule has 4 rings (SSSR count). The van der Waals surface area contributed by atoms with Crippen LogP contribution in [0, 0.1) is 10.1 Å². The van der Waals surface area contributed by atoms with Crippen molar-refractivity contribution in [2.24, 2.45) is 7.05 Å². The lowest BCUT2D eigenvalue weighted by molar-refractivity contribution is -0.385. The molecule has 0 aliphatic rings. The Morgan fingerprint density at radius 2 is 2.00 bits per heavy atom. The number of para-hydroxylation sites is 4. The number of carbonyl (C=O) groups excluding carboxylic acids is 1. The van der Waals surface area contributed by atoms with Gasteiger partial charge in [0.2, 0.25) is 5.95 Å². The second kappa shape index (κ2) is 7.72. The lowest BCUT2D eigenvalue weighted by atomic mass is 10.3. The van der Waals surface area contributed by atoms with E-state index in [1.165, 1.54) is 17.4 Å². The van der Waals surface area contributed by atoms with Crippen molar-refractivity contribution in [1.29, 1.82) is 0 Å². The topological polar surface area (TPSA) is 99.3 Å². The van der Waals surface area contributed by atoms with E-state index in [1.807, 2.05) is 35.9 Å². The summed E-state index contributed by atoms with van der Waals surface area (Å²) in [5.41, 5.74) is 2.38. The molecule has 0 aliphatic carbocycles. The fourth-order valence-corrected chi connectivity index (χ4v) is 3.67. The van der Waals surface area contributed by atoms with E-state index in [1.54, 1.807) is 29.6 Å². The molecule has 2 heterocycles. The Hall–Kier alpha value is -3.72. The molecule has 2 aromatic carbocycles. The number of nitro groups is 1. The van der Waals surface area contributed by atoms with Gasteiger partial charge in [0.15, 0.2) is 5.75 Å². The van der Waals surface area contributed by atoms with Crippen LogP contribution in [0.3, 0.4) is 0 Å². The van der Waals surface area contributed by atoms with Gasteiger partial charge in [-0.15, -0.1) is 11.3 Å². The van der Waals surface area contributed by atoms with Gasteiger partial charge in [-0.3, -0.25) is 20.2 Å². The second-order valence-corrected chi connectivity index (χ2v) is 7.18. The summed E-state index contributed by atoms with van der Waals surface area (Å²) in [7, 11) is 1.84. The first kappa shape index (κ1) is 18.6. The van der Waals surface area contributed by atoms with Crippen LogP contribution in [0.25, 0.3) is 11.0 Å². The van der Waals surface area contributed by atoms with Crippen molar-refractivity contribution in [3.63, 3.8) is 0 Å². The number of nitro benzene ring substituents is 1. The molecule has 0 fully saturated rings. The molecule has 0 aliphatic heterocycles. The summed E-state index contributed by atoms with van der Waals surface area (Å²) >= 11 is 1.27. The lowest BCUT2D eigenvalue weighted by Crippen LogP contribution is -2.13. The molecule has 0 saturated heterocycles. The SMILES string of the molecule is Cn1c(NC(=O)c2cc(COc3ccccc3[N+](=O)[O-])cs2)nc2ccccc21. The molecule has 0 bridgehead atoms. The van der Waals surface area contributed by atoms with E-state index in [4.69, 9.17) is 4.74 Å². The summed E-state index contributed by atoms with van der Waals surface area (Å²) in [6.07, 6.45) is 0. The smallest absolute Gasteiger partial charge is 0.310 e. The molecule has 8 nitrogen and oxygen atoms in total. The van der Waals surface area contributed by atoms with Crippen LogP contribution in [0.4, 0.5) is 11.6 Å². The van der Waals surface area contributed by atoms with Crippen LogP contribution in [0.2, 0.25) is 0 Å². The van der Waals surface area contributed by atoms with Gasteiger partial charge in [0.05, 0.1) is 20.8 Å². The molecule has 4 aromatic rings. The van der Waals surface area contributed by atoms with E-state index in [-0.39, 0.29) is 24.0 Å². The zero-order valence-electron chi connectivity index (χ0n) is 15.4. The van der Waals surface area contributed by atoms with Crippen molar-refractivity contribution in [3.05, 3.63) is 80.5 Å². The van der Waals surface area contributed by atoms with Crippen LogP contribution in [0.15, 0.2) is 60.0 Å². The molecule has 0 atom stereocenters. The predicted octanol–water partition coefficient (Wildman–Crippen LogP) is 4.37. The number of carbonyl (C=O) groups is 1. The molecule has 0 unspecified atom stereocenters. The molecule has 29 heavy (non-hydrogen) atoms. The zero-order valence-corrected chi connectivity index (χ0v) is 16.2. The number of hydrogen-bond donors (Lipinski definition) is 1. The summed E-state index contributed by atoms with van der Waals surface area (Å²) in [6.45, 7) is 0.126. The maximum absolute atomic E-state index is 12.6. The molecule has 9 heteroatoms.